The smallest absolute Gasteiger partial charge is 0.261 e. The molecule has 0 radical (unpaired) electrons. The number of allylic oxidation sites excluding steroid dienone is 1. The zero-order valence-electron chi connectivity index (χ0n) is 18.2. The van der Waals surface area contributed by atoms with Gasteiger partial charge in [-0.3, -0.25) is 0 Å². The van der Waals surface area contributed by atoms with E-state index in [1.165, 1.54) is 15.9 Å². The fourth-order valence-corrected chi connectivity index (χ4v) is 8.68. The van der Waals surface area contributed by atoms with Crippen molar-refractivity contribution >= 4 is 18.7 Å². The third-order valence-corrected chi connectivity index (χ3v) is 10.5. The van der Waals surface area contributed by atoms with Gasteiger partial charge >= 0.3 is 0 Å². The highest BCUT2D eigenvalue weighted by atomic mass is 28.4. The first-order valence-corrected chi connectivity index (χ1v) is 12.5. The van der Waals surface area contributed by atoms with E-state index in [0.29, 0.717) is 19.8 Å². The summed E-state index contributed by atoms with van der Waals surface area (Å²) in [5.41, 5.74) is 1.26. The van der Waals surface area contributed by atoms with E-state index in [2.05, 4.69) is 94.4 Å². The summed E-state index contributed by atoms with van der Waals surface area (Å²) in [4.78, 5) is 0. The summed E-state index contributed by atoms with van der Waals surface area (Å²) in [5, 5.41) is 2.64. The summed E-state index contributed by atoms with van der Waals surface area (Å²) in [6, 6.07) is 21.6. The lowest BCUT2D eigenvalue weighted by atomic mass is 10.2. The van der Waals surface area contributed by atoms with E-state index in [1.807, 2.05) is 0 Å². The van der Waals surface area contributed by atoms with E-state index in [0.717, 1.165) is 12.8 Å². The van der Waals surface area contributed by atoms with Gasteiger partial charge in [-0.25, -0.2) is 0 Å². The zero-order chi connectivity index (χ0) is 20.7. The molecule has 3 nitrogen and oxygen atoms in total. The van der Waals surface area contributed by atoms with Gasteiger partial charge in [0.1, 0.15) is 0 Å². The summed E-state index contributed by atoms with van der Waals surface area (Å²) in [6.45, 7) is 11.2. The fourth-order valence-electron chi connectivity index (χ4n) is 4.08. The Morgan fingerprint density at radius 2 is 1.48 bits per heavy atom. The second-order valence-corrected chi connectivity index (χ2v) is 13.1. The molecule has 0 amide bonds. The standard InChI is InChI=1S/C25H34O3Si/c1-21(12-11-17-24-26-18-19-27-24)20-28-29(25(2,3)4,22-13-7-5-8-14-22)23-15-9-6-10-16-23/h5-10,12-16,24H,11,17-20H2,1-4H3/b21-12+. The van der Waals surface area contributed by atoms with Crippen molar-refractivity contribution in [2.45, 2.75) is 51.9 Å². The van der Waals surface area contributed by atoms with Crippen LogP contribution in [-0.2, 0) is 13.9 Å². The number of rotatable bonds is 8. The molecule has 0 spiro atoms. The summed E-state index contributed by atoms with van der Waals surface area (Å²) in [5.74, 6) is 0. The lowest BCUT2D eigenvalue weighted by Crippen LogP contribution is -2.66. The van der Waals surface area contributed by atoms with Crippen LogP contribution in [0.25, 0.3) is 0 Å². The van der Waals surface area contributed by atoms with Crippen molar-refractivity contribution in [1.29, 1.82) is 0 Å². The zero-order valence-corrected chi connectivity index (χ0v) is 19.2. The maximum Gasteiger partial charge on any atom is 0.261 e. The van der Waals surface area contributed by atoms with Crippen LogP contribution in [0.4, 0.5) is 0 Å². The Balaban J connectivity index is 1.83. The van der Waals surface area contributed by atoms with Gasteiger partial charge in [0.2, 0.25) is 0 Å². The maximum atomic E-state index is 6.96. The van der Waals surface area contributed by atoms with Crippen molar-refractivity contribution < 1.29 is 13.9 Å². The third kappa shape index (κ3) is 5.26. The summed E-state index contributed by atoms with van der Waals surface area (Å²) in [7, 11) is -2.47. The molecular formula is C25H34O3Si. The molecule has 2 aromatic rings. The van der Waals surface area contributed by atoms with Crippen molar-refractivity contribution in [2.24, 2.45) is 0 Å². The SMILES string of the molecule is C/C(=C\CCC1OCCO1)CO[Si](c1ccccc1)(c1ccccc1)C(C)(C)C. The monoisotopic (exact) mass is 410 g/mol. The van der Waals surface area contributed by atoms with Crippen LogP contribution >= 0.6 is 0 Å². The topological polar surface area (TPSA) is 27.7 Å². The summed E-state index contributed by atoms with van der Waals surface area (Å²) in [6.07, 6.45) is 4.07. The molecule has 1 aliphatic rings. The van der Waals surface area contributed by atoms with Crippen LogP contribution < -0.4 is 10.4 Å². The van der Waals surface area contributed by atoms with Gasteiger partial charge in [0.05, 0.1) is 19.8 Å². The molecule has 1 heterocycles. The normalized spacial score (nSPS) is 16.3. The van der Waals surface area contributed by atoms with Crippen molar-refractivity contribution in [3.63, 3.8) is 0 Å². The van der Waals surface area contributed by atoms with E-state index in [1.54, 1.807) is 0 Å². The molecule has 4 heteroatoms. The molecule has 0 aliphatic carbocycles. The van der Waals surface area contributed by atoms with E-state index < -0.39 is 8.32 Å². The van der Waals surface area contributed by atoms with Crippen LogP contribution in [0.2, 0.25) is 5.04 Å². The molecule has 0 aromatic heterocycles. The van der Waals surface area contributed by atoms with Gasteiger partial charge in [-0.2, -0.15) is 0 Å². The van der Waals surface area contributed by atoms with Gasteiger partial charge in [0.25, 0.3) is 8.32 Å². The summed E-state index contributed by atoms with van der Waals surface area (Å²) >= 11 is 0. The number of hydrogen-bond donors (Lipinski definition) is 0. The van der Waals surface area contributed by atoms with Crippen molar-refractivity contribution in [3.8, 4) is 0 Å². The van der Waals surface area contributed by atoms with E-state index in [4.69, 9.17) is 13.9 Å². The lowest BCUT2D eigenvalue weighted by molar-refractivity contribution is -0.0457. The Kier molecular flexibility index (Phi) is 7.47. The maximum absolute atomic E-state index is 6.96. The molecule has 3 rings (SSSR count). The van der Waals surface area contributed by atoms with Crippen molar-refractivity contribution in [1.82, 2.24) is 0 Å². The Morgan fingerprint density at radius 1 is 0.966 bits per heavy atom. The minimum absolute atomic E-state index is 0.00150. The first-order chi connectivity index (χ1) is 13.9. The van der Waals surface area contributed by atoms with Crippen LogP contribution in [0.1, 0.15) is 40.5 Å². The van der Waals surface area contributed by atoms with Crippen molar-refractivity contribution in [3.05, 3.63) is 72.3 Å². The Bertz CT molecular complexity index is 735. The molecule has 0 saturated carbocycles. The molecule has 0 N–H and O–H groups in total. The average molecular weight is 411 g/mol. The minimum Gasteiger partial charge on any atom is -0.403 e. The number of hydrogen-bond acceptors (Lipinski definition) is 3. The molecule has 29 heavy (non-hydrogen) atoms. The molecule has 156 valence electrons. The highest BCUT2D eigenvalue weighted by Gasteiger charge is 2.50. The molecule has 1 fully saturated rings. The second kappa shape index (κ2) is 9.85. The fraction of sp³-hybridized carbons (Fsp3) is 0.440. The number of benzene rings is 2. The van der Waals surface area contributed by atoms with Crippen LogP contribution in [0.5, 0.6) is 0 Å². The van der Waals surface area contributed by atoms with Crippen molar-refractivity contribution in [2.75, 3.05) is 19.8 Å². The van der Waals surface area contributed by atoms with Gasteiger partial charge in [-0.15, -0.1) is 0 Å². The first kappa shape index (κ1) is 22.0. The highest BCUT2D eigenvalue weighted by molar-refractivity contribution is 6.99. The molecule has 1 aliphatic heterocycles. The predicted molar refractivity (Wildman–Crippen MR) is 122 cm³/mol. The van der Waals surface area contributed by atoms with E-state index >= 15 is 0 Å². The average Bonchev–Trinajstić information content (AvgIpc) is 3.23. The van der Waals surface area contributed by atoms with Gasteiger partial charge < -0.3 is 13.9 Å². The van der Waals surface area contributed by atoms with Gasteiger partial charge in [-0.1, -0.05) is 93.1 Å². The van der Waals surface area contributed by atoms with E-state index in [9.17, 15) is 0 Å². The molecule has 0 atom stereocenters. The van der Waals surface area contributed by atoms with E-state index in [-0.39, 0.29) is 11.3 Å². The van der Waals surface area contributed by atoms with Gasteiger partial charge in [-0.05, 0) is 28.8 Å². The molecule has 0 unspecified atom stereocenters. The minimum atomic E-state index is -2.47. The van der Waals surface area contributed by atoms with Gasteiger partial charge in [0.15, 0.2) is 6.29 Å². The summed E-state index contributed by atoms with van der Waals surface area (Å²) < 4.78 is 18.0. The lowest BCUT2D eigenvalue weighted by Gasteiger charge is -2.43. The predicted octanol–water partition coefficient (Wildman–Crippen LogP) is 4.66. The second-order valence-electron chi connectivity index (χ2n) is 8.75. The third-order valence-electron chi connectivity index (χ3n) is 5.52. The molecular weight excluding hydrogens is 376 g/mol. The first-order valence-electron chi connectivity index (χ1n) is 10.6. The number of ether oxygens (including phenoxy) is 2. The molecule has 1 saturated heterocycles. The molecule has 2 aromatic carbocycles. The van der Waals surface area contributed by atoms with Crippen LogP contribution in [0.15, 0.2) is 72.3 Å². The van der Waals surface area contributed by atoms with Crippen LogP contribution in [0.3, 0.4) is 0 Å². The highest BCUT2D eigenvalue weighted by Crippen LogP contribution is 2.37. The Hall–Kier alpha value is -1.72. The Labute approximate surface area is 176 Å². The Morgan fingerprint density at radius 3 is 1.97 bits per heavy atom. The molecule has 0 bridgehead atoms. The van der Waals surface area contributed by atoms with Gasteiger partial charge in [0, 0.05) is 6.42 Å². The van der Waals surface area contributed by atoms with Crippen LogP contribution in [-0.4, -0.2) is 34.4 Å². The largest absolute Gasteiger partial charge is 0.403 e. The quantitative estimate of drug-likeness (QED) is 0.468. The van der Waals surface area contributed by atoms with Crippen LogP contribution in [0, 0.1) is 0 Å².